The fourth-order valence-corrected chi connectivity index (χ4v) is 3.59. The molecule has 4 heteroatoms. The van der Waals surface area contributed by atoms with E-state index >= 15 is 0 Å². The average Bonchev–Trinajstić information content (AvgIpc) is 2.65. The number of hydrogen-bond donors (Lipinski definition) is 1. The summed E-state index contributed by atoms with van der Waals surface area (Å²) in [6, 6.07) is 28.3. The summed E-state index contributed by atoms with van der Waals surface area (Å²) in [5, 5.41) is 5.32. The summed E-state index contributed by atoms with van der Waals surface area (Å²) in [4.78, 5) is 6.97. The average molecular weight is 363 g/mol. The molecule has 0 saturated heterocycles. The van der Waals surface area contributed by atoms with Crippen LogP contribution < -0.4 is 5.32 Å². The van der Waals surface area contributed by atoms with Crippen molar-refractivity contribution in [3.8, 4) is 0 Å². The zero-order valence-electron chi connectivity index (χ0n) is 13.3. The molecule has 0 saturated carbocycles. The van der Waals surface area contributed by atoms with Crippen molar-refractivity contribution in [2.24, 2.45) is 0 Å². The molecule has 0 aliphatic heterocycles. The maximum absolute atomic E-state index is 5.97. The van der Waals surface area contributed by atoms with E-state index in [-0.39, 0.29) is 0 Å². The normalized spacial score (nSPS) is 10.8. The minimum absolute atomic E-state index is 0.746. The third kappa shape index (κ3) is 3.78. The molecule has 4 aromatic rings. The Balaban J connectivity index is 1.62. The number of nitrogens with zero attached hydrogens (tertiary/aromatic N) is 1. The number of halogens is 1. The molecule has 122 valence electrons. The molecule has 0 radical (unpaired) electrons. The molecule has 0 spiro atoms. The van der Waals surface area contributed by atoms with Crippen LogP contribution >= 0.6 is 23.4 Å². The first kappa shape index (κ1) is 16.0. The van der Waals surface area contributed by atoms with Gasteiger partial charge in [-0.3, -0.25) is 0 Å². The van der Waals surface area contributed by atoms with Crippen molar-refractivity contribution in [1.29, 1.82) is 0 Å². The van der Waals surface area contributed by atoms with Crippen LogP contribution in [0.2, 0.25) is 5.02 Å². The maximum Gasteiger partial charge on any atom is 0.131 e. The highest BCUT2D eigenvalue weighted by atomic mass is 35.5. The first-order chi connectivity index (χ1) is 12.3. The van der Waals surface area contributed by atoms with Gasteiger partial charge in [0.05, 0.1) is 11.2 Å². The predicted octanol–water partition coefficient (Wildman–Crippen LogP) is 6.78. The van der Waals surface area contributed by atoms with Crippen molar-refractivity contribution >= 4 is 45.8 Å². The van der Waals surface area contributed by atoms with Crippen LogP contribution in [0.3, 0.4) is 0 Å². The lowest BCUT2D eigenvalue weighted by atomic mass is 10.2. The lowest BCUT2D eigenvalue weighted by Crippen LogP contribution is -1.95. The van der Waals surface area contributed by atoms with Crippen LogP contribution in [0.15, 0.2) is 94.7 Å². The molecule has 1 N–H and O–H groups in total. The van der Waals surface area contributed by atoms with E-state index in [4.69, 9.17) is 16.6 Å². The van der Waals surface area contributed by atoms with Gasteiger partial charge in [-0.25, -0.2) is 4.98 Å². The largest absolute Gasteiger partial charge is 0.339 e. The second kappa shape index (κ2) is 7.18. The van der Waals surface area contributed by atoms with E-state index in [1.54, 1.807) is 11.8 Å². The van der Waals surface area contributed by atoms with Crippen LogP contribution in [-0.4, -0.2) is 4.98 Å². The molecule has 0 unspecified atom stereocenters. The fourth-order valence-electron chi connectivity index (χ4n) is 2.56. The monoisotopic (exact) mass is 362 g/mol. The number of para-hydroxylation sites is 2. The van der Waals surface area contributed by atoms with Gasteiger partial charge in [0, 0.05) is 20.2 Å². The summed E-state index contributed by atoms with van der Waals surface area (Å²) in [7, 11) is 0. The van der Waals surface area contributed by atoms with Gasteiger partial charge >= 0.3 is 0 Å². The molecule has 0 fully saturated rings. The number of rotatable bonds is 4. The topological polar surface area (TPSA) is 24.9 Å². The van der Waals surface area contributed by atoms with Crippen LogP contribution in [-0.2, 0) is 0 Å². The number of benzene rings is 3. The predicted molar refractivity (Wildman–Crippen MR) is 107 cm³/mol. The van der Waals surface area contributed by atoms with Crippen LogP contribution in [0, 0.1) is 0 Å². The molecule has 2 nitrogen and oxygen atoms in total. The van der Waals surface area contributed by atoms with E-state index in [0.717, 1.165) is 37.2 Å². The maximum atomic E-state index is 5.97. The van der Waals surface area contributed by atoms with Gasteiger partial charge in [0.1, 0.15) is 5.82 Å². The summed E-state index contributed by atoms with van der Waals surface area (Å²) < 4.78 is 0. The molecule has 0 bridgehead atoms. The minimum atomic E-state index is 0.746. The molecule has 0 atom stereocenters. The Hall–Kier alpha value is -2.49. The van der Waals surface area contributed by atoms with Crippen molar-refractivity contribution in [2.45, 2.75) is 9.79 Å². The molecular formula is C21H15ClN2S. The second-order valence-corrected chi connectivity index (χ2v) is 7.12. The van der Waals surface area contributed by atoms with Crippen molar-refractivity contribution < 1.29 is 0 Å². The lowest BCUT2D eigenvalue weighted by molar-refractivity contribution is 1.33. The number of hydrogen-bond acceptors (Lipinski definition) is 3. The number of pyridine rings is 1. The van der Waals surface area contributed by atoms with Gasteiger partial charge < -0.3 is 5.32 Å². The van der Waals surface area contributed by atoms with E-state index in [1.807, 2.05) is 60.7 Å². The van der Waals surface area contributed by atoms with Crippen LogP contribution in [0.5, 0.6) is 0 Å². The molecule has 3 aromatic carbocycles. The minimum Gasteiger partial charge on any atom is -0.339 e. The van der Waals surface area contributed by atoms with Gasteiger partial charge in [-0.05, 0) is 54.6 Å². The Labute approximate surface area is 155 Å². The van der Waals surface area contributed by atoms with Crippen LogP contribution in [0.25, 0.3) is 10.9 Å². The summed E-state index contributed by atoms with van der Waals surface area (Å²) in [5.74, 6) is 0.836. The van der Waals surface area contributed by atoms with E-state index < -0.39 is 0 Å². The van der Waals surface area contributed by atoms with Gasteiger partial charge in [-0.1, -0.05) is 53.7 Å². The SMILES string of the molecule is Clc1ccc(Sc2ccccc2Nc2ccc3ccccc3n2)cc1. The standard InChI is InChI=1S/C21H15ClN2S/c22-16-10-12-17(13-11-16)25-20-8-4-3-7-19(20)24-21-14-9-15-5-1-2-6-18(15)23-21/h1-14H,(H,23,24). The third-order valence-electron chi connectivity index (χ3n) is 3.79. The number of anilines is 2. The van der Waals surface area contributed by atoms with Crippen molar-refractivity contribution in [2.75, 3.05) is 5.32 Å². The molecule has 25 heavy (non-hydrogen) atoms. The van der Waals surface area contributed by atoms with Crippen LogP contribution in [0.1, 0.15) is 0 Å². The Kier molecular flexibility index (Phi) is 4.59. The summed E-state index contributed by atoms with van der Waals surface area (Å²) in [6.45, 7) is 0. The van der Waals surface area contributed by atoms with Crippen LogP contribution in [0.4, 0.5) is 11.5 Å². The first-order valence-corrected chi connectivity index (χ1v) is 9.13. The van der Waals surface area contributed by atoms with Gasteiger partial charge in [0.25, 0.3) is 0 Å². The highest BCUT2D eigenvalue weighted by Crippen LogP contribution is 2.35. The zero-order valence-corrected chi connectivity index (χ0v) is 14.9. The first-order valence-electron chi connectivity index (χ1n) is 7.93. The van der Waals surface area contributed by atoms with Gasteiger partial charge in [-0.15, -0.1) is 0 Å². The molecule has 1 aromatic heterocycles. The summed E-state index contributed by atoms with van der Waals surface area (Å²) >= 11 is 7.67. The molecule has 4 rings (SSSR count). The lowest BCUT2D eigenvalue weighted by Gasteiger charge is -2.12. The van der Waals surface area contributed by atoms with E-state index in [0.29, 0.717) is 0 Å². The Morgan fingerprint density at radius 2 is 1.52 bits per heavy atom. The molecule has 0 amide bonds. The highest BCUT2D eigenvalue weighted by molar-refractivity contribution is 7.99. The Morgan fingerprint density at radius 1 is 0.760 bits per heavy atom. The van der Waals surface area contributed by atoms with Crippen molar-refractivity contribution in [3.05, 3.63) is 90.0 Å². The van der Waals surface area contributed by atoms with E-state index in [1.165, 1.54) is 0 Å². The molecule has 1 heterocycles. The Bertz CT molecular complexity index is 1020. The van der Waals surface area contributed by atoms with Gasteiger partial charge in [-0.2, -0.15) is 0 Å². The second-order valence-electron chi connectivity index (χ2n) is 5.57. The number of nitrogens with one attached hydrogen (secondary N) is 1. The van der Waals surface area contributed by atoms with Gasteiger partial charge in [0.2, 0.25) is 0 Å². The fraction of sp³-hybridized carbons (Fsp3) is 0. The number of fused-ring (bicyclic) bond motifs is 1. The molecule has 0 aliphatic rings. The van der Waals surface area contributed by atoms with Crippen molar-refractivity contribution in [3.63, 3.8) is 0 Å². The summed E-state index contributed by atoms with van der Waals surface area (Å²) in [5.41, 5.74) is 2.01. The van der Waals surface area contributed by atoms with Crippen molar-refractivity contribution in [1.82, 2.24) is 4.98 Å². The smallest absolute Gasteiger partial charge is 0.131 e. The molecular weight excluding hydrogens is 348 g/mol. The third-order valence-corrected chi connectivity index (χ3v) is 5.13. The quantitative estimate of drug-likeness (QED) is 0.433. The molecule has 0 aliphatic carbocycles. The number of aromatic nitrogens is 1. The highest BCUT2D eigenvalue weighted by Gasteiger charge is 2.06. The van der Waals surface area contributed by atoms with Gasteiger partial charge in [0.15, 0.2) is 0 Å². The Morgan fingerprint density at radius 3 is 2.40 bits per heavy atom. The zero-order chi connectivity index (χ0) is 17.1. The summed E-state index contributed by atoms with van der Waals surface area (Å²) in [6.07, 6.45) is 0. The van der Waals surface area contributed by atoms with E-state index in [2.05, 4.69) is 29.6 Å². The van der Waals surface area contributed by atoms with E-state index in [9.17, 15) is 0 Å².